The number of piperazine rings is 1. The van der Waals surface area contributed by atoms with E-state index in [0.29, 0.717) is 5.02 Å². The summed E-state index contributed by atoms with van der Waals surface area (Å²) in [6, 6.07) is 15.9. The molecule has 2 aromatic rings. The number of anilines is 1. The van der Waals surface area contributed by atoms with Gasteiger partial charge in [0.05, 0.1) is 6.04 Å². The Morgan fingerprint density at radius 1 is 1.12 bits per heavy atom. The van der Waals surface area contributed by atoms with Crippen molar-refractivity contribution in [3.05, 3.63) is 64.7 Å². The largest absolute Gasteiger partial charge is 0.324 e. The summed E-state index contributed by atoms with van der Waals surface area (Å²) < 4.78 is 0. The van der Waals surface area contributed by atoms with E-state index >= 15 is 0 Å². The molecular formula is C21H26ClN3O. The van der Waals surface area contributed by atoms with E-state index in [4.69, 9.17) is 11.6 Å². The number of carbonyl (C=O) groups is 1. The third-order valence-electron chi connectivity index (χ3n) is 5.04. The van der Waals surface area contributed by atoms with Crippen molar-refractivity contribution in [2.24, 2.45) is 0 Å². The van der Waals surface area contributed by atoms with E-state index in [0.717, 1.165) is 44.0 Å². The van der Waals surface area contributed by atoms with Crippen LogP contribution in [0.25, 0.3) is 0 Å². The molecule has 0 unspecified atom stereocenters. The molecule has 0 saturated carbocycles. The topological polar surface area (TPSA) is 35.6 Å². The molecule has 3 rings (SSSR count). The number of nitrogens with zero attached hydrogens (tertiary/aromatic N) is 2. The Hall–Kier alpha value is -1.88. The predicted molar refractivity (Wildman–Crippen MR) is 108 cm³/mol. The number of carbonyl (C=O) groups excluding carboxylic acids is 1. The molecule has 5 heteroatoms. The summed E-state index contributed by atoms with van der Waals surface area (Å²) in [5.74, 6) is 0.0203. The zero-order chi connectivity index (χ0) is 18.5. The molecule has 1 amide bonds. The summed E-state index contributed by atoms with van der Waals surface area (Å²) in [6.45, 7) is 8.66. The quantitative estimate of drug-likeness (QED) is 0.868. The number of amides is 1. The van der Waals surface area contributed by atoms with E-state index < -0.39 is 0 Å². The Balaban J connectivity index is 1.52. The lowest BCUT2D eigenvalue weighted by Crippen LogP contribution is -2.52. The van der Waals surface area contributed by atoms with Crippen molar-refractivity contribution < 1.29 is 4.79 Å². The van der Waals surface area contributed by atoms with Crippen molar-refractivity contribution >= 4 is 23.2 Å². The molecule has 0 radical (unpaired) electrons. The van der Waals surface area contributed by atoms with Crippen molar-refractivity contribution in [1.29, 1.82) is 0 Å². The molecule has 1 atom stereocenters. The van der Waals surface area contributed by atoms with Crippen LogP contribution in [-0.2, 0) is 11.3 Å². The SMILES string of the molecule is Cc1ccc(Cl)cc1NC(=O)[C@@H](C)N1CCN(Cc2ccccc2)CC1. The van der Waals surface area contributed by atoms with Crippen LogP contribution >= 0.6 is 11.6 Å². The number of benzene rings is 2. The van der Waals surface area contributed by atoms with Crippen LogP contribution in [-0.4, -0.2) is 47.9 Å². The molecule has 1 aliphatic heterocycles. The highest BCUT2D eigenvalue weighted by molar-refractivity contribution is 6.31. The summed E-state index contributed by atoms with van der Waals surface area (Å²) in [4.78, 5) is 17.3. The maximum Gasteiger partial charge on any atom is 0.241 e. The van der Waals surface area contributed by atoms with Gasteiger partial charge in [0.2, 0.25) is 5.91 Å². The summed E-state index contributed by atoms with van der Waals surface area (Å²) in [5.41, 5.74) is 3.14. The van der Waals surface area contributed by atoms with Crippen LogP contribution in [0.2, 0.25) is 5.02 Å². The second-order valence-corrected chi connectivity index (χ2v) is 7.36. The normalized spacial score (nSPS) is 17.0. The minimum absolute atomic E-state index is 0.0203. The highest BCUT2D eigenvalue weighted by Crippen LogP contribution is 2.21. The van der Waals surface area contributed by atoms with E-state index in [2.05, 4.69) is 39.4 Å². The fourth-order valence-electron chi connectivity index (χ4n) is 3.28. The minimum Gasteiger partial charge on any atom is -0.324 e. The first kappa shape index (κ1) is 18.9. The van der Waals surface area contributed by atoms with Gasteiger partial charge in [-0.15, -0.1) is 0 Å². The molecular weight excluding hydrogens is 346 g/mol. The van der Waals surface area contributed by atoms with Gasteiger partial charge >= 0.3 is 0 Å². The standard InChI is InChI=1S/C21H26ClN3O/c1-16-8-9-19(22)14-20(16)23-21(26)17(2)25-12-10-24(11-13-25)15-18-6-4-3-5-7-18/h3-9,14,17H,10-13,15H2,1-2H3,(H,23,26)/t17-/m1/s1. The van der Waals surface area contributed by atoms with Crippen LogP contribution in [0.3, 0.4) is 0 Å². The van der Waals surface area contributed by atoms with Crippen molar-refractivity contribution in [3.8, 4) is 0 Å². The van der Waals surface area contributed by atoms with Gasteiger partial charge in [0, 0.05) is 43.4 Å². The molecule has 1 aliphatic rings. The Kier molecular flexibility index (Phi) is 6.30. The van der Waals surface area contributed by atoms with Crippen LogP contribution in [0.1, 0.15) is 18.1 Å². The Labute approximate surface area is 160 Å². The van der Waals surface area contributed by atoms with Crippen LogP contribution in [0.15, 0.2) is 48.5 Å². The summed E-state index contributed by atoms with van der Waals surface area (Å²) >= 11 is 6.04. The number of hydrogen-bond acceptors (Lipinski definition) is 3. The first-order chi connectivity index (χ1) is 12.5. The van der Waals surface area contributed by atoms with Crippen LogP contribution in [0.5, 0.6) is 0 Å². The third kappa shape index (κ3) is 4.85. The number of nitrogens with one attached hydrogen (secondary N) is 1. The monoisotopic (exact) mass is 371 g/mol. The highest BCUT2D eigenvalue weighted by atomic mass is 35.5. The third-order valence-corrected chi connectivity index (χ3v) is 5.28. The van der Waals surface area contributed by atoms with E-state index in [9.17, 15) is 4.79 Å². The summed E-state index contributed by atoms with van der Waals surface area (Å²) in [7, 11) is 0. The van der Waals surface area contributed by atoms with Gasteiger partial charge in [-0.25, -0.2) is 0 Å². The molecule has 4 nitrogen and oxygen atoms in total. The van der Waals surface area contributed by atoms with Crippen molar-refractivity contribution in [1.82, 2.24) is 9.80 Å². The van der Waals surface area contributed by atoms with Crippen LogP contribution in [0.4, 0.5) is 5.69 Å². The Bertz CT molecular complexity index is 742. The zero-order valence-corrected chi connectivity index (χ0v) is 16.2. The second-order valence-electron chi connectivity index (χ2n) is 6.92. The van der Waals surface area contributed by atoms with Gasteiger partial charge in [0.25, 0.3) is 0 Å². The molecule has 0 aromatic heterocycles. The van der Waals surface area contributed by atoms with Gasteiger partial charge in [0.15, 0.2) is 0 Å². The average molecular weight is 372 g/mol. The fraction of sp³-hybridized carbons (Fsp3) is 0.381. The van der Waals surface area contributed by atoms with Gasteiger partial charge in [-0.2, -0.15) is 0 Å². The Morgan fingerprint density at radius 2 is 1.81 bits per heavy atom. The van der Waals surface area contributed by atoms with Gasteiger partial charge in [-0.3, -0.25) is 14.6 Å². The first-order valence-corrected chi connectivity index (χ1v) is 9.48. The Morgan fingerprint density at radius 3 is 2.50 bits per heavy atom. The second kappa shape index (κ2) is 8.67. The molecule has 2 aromatic carbocycles. The van der Waals surface area contributed by atoms with E-state index in [-0.39, 0.29) is 11.9 Å². The first-order valence-electron chi connectivity index (χ1n) is 9.10. The lowest BCUT2D eigenvalue weighted by atomic mass is 10.1. The van der Waals surface area contributed by atoms with E-state index in [1.54, 1.807) is 6.07 Å². The summed E-state index contributed by atoms with van der Waals surface area (Å²) in [6.07, 6.45) is 0. The number of hydrogen-bond donors (Lipinski definition) is 1. The maximum atomic E-state index is 12.6. The molecule has 1 heterocycles. The molecule has 0 aliphatic carbocycles. The minimum atomic E-state index is -0.160. The molecule has 1 fully saturated rings. The molecule has 0 bridgehead atoms. The molecule has 26 heavy (non-hydrogen) atoms. The molecule has 0 spiro atoms. The maximum absolute atomic E-state index is 12.6. The van der Waals surface area contributed by atoms with Crippen molar-refractivity contribution in [3.63, 3.8) is 0 Å². The van der Waals surface area contributed by atoms with Gasteiger partial charge in [-0.05, 0) is 37.1 Å². The summed E-state index contributed by atoms with van der Waals surface area (Å²) in [5, 5.41) is 3.65. The lowest BCUT2D eigenvalue weighted by Gasteiger charge is -2.37. The van der Waals surface area contributed by atoms with E-state index in [1.807, 2.05) is 32.0 Å². The van der Waals surface area contributed by atoms with Crippen molar-refractivity contribution in [2.75, 3.05) is 31.5 Å². The van der Waals surface area contributed by atoms with E-state index in [1.165, 1.54) is 5.56 Å². The molecule has 1 saturated heterocycles. The van der Waals surface area contributed by atoms with Gasteiger partial charge in [-0.1, -0.05) is 48.0 Å². The van der Waals surface area contributed by atoms with Gasteiger partial charge in [0.1, 0.15) is 0 Å². The predicted octanol–water partition coefficient (Wildman–Crippen LogP) is 3.79. The smallest absolute Gasteiger partial charge is 0.241 e. The molecule has 1 N–H and O–H groups in total. The lowest BCUT2D eigenvalue weighted by molar-refractivity contribution is -0.121. The number of halogens is 1. The van der Waals surface area contributed by atoms with Crippen LogP contribution < -0.4 is 5.32 Å². The fourth-order valence-corrected chi connectivity index (χ4v) is 3.45. The average Bonchev–Trinajstić information content (AvgIpc) is 2.65. The van der Waals surface area contributed by atoms with Crippen molar-refractivity contribution in [2.45, 2.75) is 26.4 Å². The zero-order valence-electron chi connectivity index (χ0n) is 15.4. The number of rotatable bonds is 5. The molecule has 138 valence electrons. The number of aryl methyl sites for hydroxylation is 1. The van der Waals surface area contributed by atoms with Gasteiger partial charge < -0.3 is 5.32 Å². The highest BCUT2D eigenvalue weighted by Gasteiger charge is 2.25. The van der Waals surface area contributed by atoms with Crippen LogP contribution in [0, 0.1) is 6.92 Å².